The molecule has 37 heavy (non-hydrogen) atoms. The molecule has 7 nitrogen and oxygen atoms in total. The zero-order chi connectivity index (χ0) is 24.6. The molecule has 0 atom stereocenters. The van der Waals surface area contributed by atoms with Gasteiger partial charge in [0.05, 0.1) is 11.9 Å². The molecule has 1 aliphatic rings. The molecule has 0 spiro atoms. The van der Waals surface area contributed by atoms with Crippen molar-refractivity contribution in [3.05, 3.63) is 71.8 Å². The SMILES string of the molecule is c1cc(-c2ccsc2)c2cc(-c3n[nH]c4ncc(-c5cncc(OCCN6CCCC6)c5)cc34)[nH]c2c1. The number of likely N-dealkylation sites (tertiary alicyclic amines) is 1. The molecular weight excluding hydrogens is 480 g/mol. The highest BCUT2D eigenvalue weighted by Crippen LogP contribution is 2.35. The number of aromatic nitrogens is 5. The highest BCUT2D eigenvalue weighted by atomic mass is 32.1. The second-order valence-electron chi connectivity index (χ2n) is 9.46. The van der Waals surface area contributed by atoms with E-state index in [2.05, 4.69) is 77.2 Å². The fraction of sp³-hybridized carbons (Fsp3) is 0.207. The molecule has 2 N–H and O–H groups in total. The van der Waals surface area contributed by atoms with Gasteiger partial charge in [-0.25, -0.2) is 4.98 Å². The summed E-state index contributed by atoms with van der Waals surface area (Å²) in [6, 6.07) is 14.9. The molecule has 1 saturated heterocycles. The number of fused-ring (bicyclic) bond motifs is 2. The lowest BCUT2D eigenvalue weighted by molar-refractivity contribution is 0.237. The molecule has 0 amide bonds. The molecule has 6 aromatic rings. The maximum Gasteiger partial charge on any atom is 0.155 e. The average Bonchev–Trinajstić information content (AvgIpc) is 3.74. The average molecular weight is 507 g/mol. The second-order valence-corrected chi connectivity index (χ2v) is 10.2. The molecule has 8 heteroatoms. The minimum absolute atomic E-state index is 0.669. The number of nitrogens with one attached hydrogen (secondary N) is 2. The number of hydrogen-bond donors (Lipinski definition) is 2. The van der Waals surface area contributed by atoms with Gasteiger partial charge in [-0.15, -0.1) is 0 Å². The van der Waals surface area contributed by atoms with Gasteiger partial charge in [0, 0.05) is 46.4 Å². The Morgan fingerprint density at radius 1 is 0.946 bits per heavy atom. The van der Waals surface area contributed by atoms with E-state index in [1.807, 2.05) is 18.5 Å². The maximum absolute atomic E-state index is 6.02. The Labute approximate surface area is 218 Å². The van der Waals surface area contributed by atoms with E-state index in [-0.39, 0.29) is 0 Å². The minimum atomic E-state index is 0.669. The van der Waals surface area contributed by atoms with E-state index in [1.54, 1.807) is 17.5 Å². The lowest BCUT2D eigenvalue weighted by Crippen LogP contribution is -2.25. The van der Waals surface area contributed by atoms with Crippen molar-refractivity contribution in [2.75, 3.05) is 26.2 Å². The molecule has 184 valence electrons. The van der Waals surface area contributed by atoms with Crippen LogP contribution in [0.5, 0.6) is 5.75 Å². The first-order valence-electron chi connectivity index (χ1n) is 12.6. The first-order chi connectivity index (χ1) is 18.3. The van der Waals surface area contributed by atoms with Crippen LogP contribution in [0.2, 0.25) is 0 Å². The molecular formula is C29H26N6OS. The van der Waals surface area contributed by atoms with Crippen LogP contribution in [-0.2, 0) is 0 Å². The molecule has 1 aromatic carbocycles. The second kappa shape index (κ2) is 9.46. The Bertz CT molecular complexity index is 1680. The number of hydrogen-bond acceptors (Lipinski definition) is 6. The van der Waals surface area contributed by atoms with Crippen molar-refractivity contribution >= 4 is 33.3 Å². The molecule has 6 heterocycles. The number of benzene rings is 1. The molecule has 0 saturated carbocycles. The van der Waals surface area contributed by atoms with Crippen LogP contribution in [0.1, 0.15) is 12.8 Å². The minimum Gasteiger partial charge on any atom is -0.491 e. The molecule has 0 bridgehead atoms. The van der Waals surface area contributed by atoms with Gasteiger partial charge >= 0.3 is 0 Å². The maximum atomic E-state index is 6.02. The Kier molecular flexibility index (Phi) is 5.68. The van der Waals surface area contributed by atoms with Crippen LogP contribution in [0.3, 0.4) is 0 Å². The Balaban J connectivity index is 1.20. The summed E-state index contributed by atoms with van der Waals surface area (Å²) in [6.07, 6.45) is 8.06. The summed E-state index contributed by atoms with van der Waals surface area (Å²) in [5.41, 5.74) is 8.03. The van der Waals surface area contributed by atoms with Crippen molar-refractivity contribution in [2.45, 2.75) is 12.8 Å². The lowest BCUT2D eigenvalue weighted by Gasteiger charge is -2.15. The van der Waals surface area contributed by atoms with Gasteiger partial charge in [0.25, 0.3) is 0 Å². The van der Waals surface area contributed by atoms with Crippen molar-refractivity contribution in [3.8, 4) is 39.4 Å². The molecule has 0 unspecified atom stereocenters. The fourth-order valence-electron chi connectivity index (χ4n) is 5.17. The highest BCUT2D eigenvalue weighted by Gasteiger charge is 2.16. The summed E-state index contributed by atoms with van der Waals surface area (Å²) in [7, 11) is 0. The first-order valence-corrected chi connectivity index (χ1v) is 13.6. The molecule has 0 radical (unpaired) electrons. The Hall–Kier alpha value is -4.01. The first kappa shape index (κ1) is 22.2. The quantitative estimate of drug-likeness (QED) is 0.263. The van der Waals surface area contributed by atoms with Gasteiger partial charge in [-0.05, 0) is 78.2 Å². The topological polar surface area (TPSA) is 82.7 Å². The summed E-state index contributed by atoms with van der Waals surface area (Å²) < 4.78 is 6.02. The van der Waals surface area contributed by atoms with E-state index in [0.29, 0.717) is 6.61 Å². The van der Waals surface area contributed by atoms with Gasteiger partial charge in [0.1, 0.15) is 18.1 Å². The van der Waals surface area contributed by atoms with Crippen LogP contribution < -0.4 is 4.74 Å². The summed E-state index contributed by atoms with van der Waals surface area (Å²) in [6.45, 7) is 3.97. The van der Waals surface area contributed by atoms with Gasteiger partial charge < -0.3 is 9.72 Å². The largest absolute Gasteiger partial charge is 0.491 e. The predicted molar refractivity (Wildman–Crippen MR) is 149 cm³/mol. The number of rotatable bonds is 7. The monoisotopic (exact) mass is 506 g/mol. The predicted octanol–water partition coefficient (Wildman–Crippen LogP) is 6.37. The zero-order valence-corrected chi connectivity index (χ0v) is 21.1. The third-order valence-corrected chi connectivity index (χ3v) is 7.77. The number of aromatic amines is 2. The highest BCUT2D eigenvalue weighted by molar-refractivity contribution is 7.08. The smallest absolute Gasteiger partial charge is 0.155 e. The van der Waals surface area contributed by atoms with Gasteiger partial charge in [-0.1, -0.05) is 12.1 Å². The summed E-state index contributed by atoms with van der Waals surface area (Å²) >= 11 is 1.71. The number of nitrogens with zero attached hydrogens (tertiary/aromatic N) is 4. The zero-order valence-electron chi connectivity index (χ0n) is 20.3. The lowest BCUT2D eigenvalue weighted by atomic mass is 10.0. The number of ether oxygens (including phenoxy) is 1. The molecule has 7 rings (SSSR count). The summed E-state index contributed by atoms with van der Waals surface area (Å²) in [4.78, 5) is 15.1. The van der Waals surface area contributed by atoms with Crippen LogP contribution in [0.25, 0.3) is 55.6 Å². The Morgan fingerprint density at radius 2 is 1.86 bits per heavy atom. The van der Waals surface area contributed by atoms with E-state index >= 15 is 0 Å². The van der Waals surface area contributed by atoms with Crippen LogP contribution >= 0.6 is 11.3 Å². The van der Waals surface area contributed by atoms with Crippen LogP contribution in [0.15, 0.2) is 71.8 Å². The number of H-pyrrole nitrogens is 2. The van der Waals surface area contributed by atoms with E-state index in [9.17, 15) is 0 Å². The molecule has 1 fully saturated rings. The normalized spacial score (nSPS) is 14.2. The summed E-state index contributed by atoms with van der Waals surface area (Å²) in [5.74, 6) is 0.779. The Morgan fingerprint density at radius 3 is 2.76 bits per heavy atom. The fourth-order valence-corrected chi connectivity index (χ4v) is 5.83. The van der Waals surface area contributed by atoms with E-state index < -0.39 is 0 Å². The third kappa shape index (κ3) is 4.28. The molecule has 1 aliphatic heterocycles. The van der Waals surface area contributed by atoms with Crippen molar-refractivity contribution in [1.29, 1.82) is 0 Å². The molecule has 5 aromatic heterocycles. The van der Waals surface area contributed by atoms with Gasteiger partial charge in [0.2, 0.25) is 0 Å². The van der Waals surface area contributed by atoms with Gasteiger partial charge in [0.15, 0.2) is 5.65 Å². The van der Waals surface area contributed by atoms with E-state index in [4.69, 9.17) is 4.74 Å². The van der Waals surface area contributed by atoms with Crippen LogP contribution in [-0.4, -0.2) is 56.3 Å². The number of pyridine rings is 2. The van der Waals surface area contributed by atoms with Gasteiger partial charge in [-0.2, -0.15) is 16.4 Å². The van der Waals surface area contributed by atoms with Crippen LogP contribution in [0.4, 0.5) is 0 Å². The number of thiophene rings is 1. The summed E-state index contributed by atoms with van der Waals surface area (Å²) in [5, 5.41) is 14.1. The van der Waals surface area contributed by atoms with Crippen molar-refractivity contribution in [3.63, 3.8) is 0 Å². The van der Waals surface area contributed by atoms with Gasteiger partial charge in [-0.3, -0.25) is 15.0 Å². The van der Waals surface area contributed by atoms with Crippen LogP contribution in [0, 0.1) is 0 Å². The third-order valence-electron chi connectivity index (χ3n) is 7.09. The van der Waals surface area contributed by atoms with E-state index in [0.717, 1.165) is 51.4 Å². The van der Waals surface area contributed by atoms with Crippen molar-refractivity contribution in [2.24, 2.45) is 0 Å². The van der Waals surface area contributed by atoms with E-state index in [1.165, 1.54) is 42.4 Å². The van der Waals surface area contributed by atoms with Crippen molar-refractivity contribution in [1.82, 2.24) is 30.0 Å². The molecule has 0 aliphatic carbocycles. The van der Waals surface area contributed by atoms with Crippen molar-refractivity contribution < 1.29 is 4.74 Å². The standard InChI is InChI=1S/C29H26N6OS/c1-2-8-35(7-1)9-10-36-22-12-20(15-30-17-22)21-13-25-28(33-34-29(25)31-16-21)27-14-24-23(19-6-11-37-18-19)4-3-5-26(24)32-27/h3-6,11-18,32H,1-2,7-10H2,(H,31,33,34).